The van der Waals surface area contributed by atoms with E-state index in [1.165, 1.54) is 35.3 Å². The Labute approximate surface area is 263 Å². The van der Waals surface area contributed by atoms with Crippen LogP contribution < -0.4 is 20.3 Å². The molecule has 3 aromatic carbocycles. The summed E-state index contributed by atoms with van der Waals surface area (Å²) in [7, 11) is 0. The molecule has 1 aromatic heterocycles. The van der Waals surface area contributed by atoms with Crippen LogP contribution in [0.1, 0.15) is 35.2 Å². The number of anilines is 1. The van der Waals surface area contributed by atoms with Crippen molar-refractivity contribution in [3.8, 4) is 22.8 Å². The third-order valence-electron chi connectivity index (χ3n) is 7.48. The van der Waals surface area contributed by atoms with Gasteiger partial charge in [0.05, 0.1) is 23.8 Å². The molecular weight excluding hydrogens is 632 g/mol. The Morgan fingerprint density at radius 2 is 1.79 bits per heavy atom. The largest absolute Gasteiger partial charge is 0.573 e. The van der Waals surface area contributed by atoms with E-state index >= 15 is 4.39 Å². The molecule has 2 heterocycles. The van der Waals surface area contributed by atoms with Crippen molar-refractivity contribution in [1.29, 1.82) is 0 Å². The minimum atomic E-state index is -4.81. The van der Waals surface area contributed by atoms with Crippen LogP contribution in [-0.4, -0.2) is 58.0 Å². The number of aliphatic imine (C=N–C) groups is 1. The predicted molar refractivity (Wildman–Crippen MR) is 157 cm³/mol. The van der Waals surface area contributed by atoms with E-state index in [0.29, 0.717) is 11.3 Å². The zero-order chi connectivity index (χ0) is 33.5. The Morgan fingerprint density at radius 3 is 2.45 bits per heavy atom. The summed E-state index contributed by atoms with van der Waals surface area (Å²) >= 11 is 0. The van der Waals surface area contributed by atoms with Crippen LogP contribution in [0.3, 0.4) is 0 Å². The smallest absolute Gasteiger partial charge is 0.406 e. The molecule has 1 saturated carbocycles. The molecule has 2 N–H and O–H groups in total. The lowest BCUT2D eigenvalue weighted by Crippen LogP contribution is -2.48. The van der Waals surface area contributed by atoms with Gasteiger partial charge in [-0.25, -0.2) is 37.5 Å². The highest BCUT2D eigenvalue weighted by Crippen LogP contribution is 2.57. The molecule has 2 atom stereocenters. The van der Waals surface area contributed by atoms with Crippen molar-refractivity contribution in [2.45, 2.75) is 37.7 Å². The molecule has 0 bridgehead atoms. The fraction of sp³-hybridized carbons (Fsp3) is 0.258. The number of hydrogen-bond donors (Lipinski definition) is 2. The summed E-state index contributed by atoms with van der Waals surface area (Å²) in [6, 6.07) is 15.1. The minimum absolute atomic E-state index is 0.152. The molecular formula is C31H25F6N7O3. The molecule has 0 saturated heterocycles. The fourth-order valence-electron chi connectivity index (χ4n) is 5.05. The van der Waals surface area contributed by atoms with Gasteiger partial charge in [-0.3, -0.25) is 10.1 Å². The van der Waals surface area contributed by atoms with Crippen molar-refractivity contribution >= 4 is 23.6 Å². The van der Waals surface area contributed by atoms with E-state index in [1.54, 1.807) is 37.3 Å². The number of alkyl halides is 6. The summed E-state index contributed by atoms with van der Waals surface area (Å²) in [4.78, 5) is 34.7. The van der Waals surface area contributed by atoms with Crippen molar-refractivity contribution in [1.82, 2.24) is 25.4 Å². The summed E-state index contributed by atoms with van der Waals surface area (Å²) in [5.74, 6) is -4.69. The SMILES string of the molecule is Cc1ccc(C2CC2(F)F)c(N2C(=O)CN=C2NC(=O)NCC(F)c2ccc(-c3ncn(-c4ccc(OC(F)(F)F)cc4)n3)cc2)c1. The first-order chi connectivity index (χ1) is 22.3. The van der Waals surface area contributed by atoms with Crippen molar-refractivity contribution in [3.05, 3.63) is 89.7 Å². The number of carbonyl (C=O) groups is 2. The summed E-state index contributed by atoms with van der Waals surface area (Å²) in [6.07, 6.45) is -5.40. The highest BCUT2D eigenvalue weighted by atomic mass is 19.4. The number of halogens is 6. The second-order valence-electron chi connectivity index (χ2n) is 10.9. The first-order valence-electron chi connectivity index (χ1n) is 14.2. The number of ether oxygens (including phenoxy) is 1. The molecule has 2 aliphatic rings. The van der Waals surface area contributed by atoms with Crippen LogP contribution in [0.15, 0.2) is 78.0 Å². The second kappa shape index (κ2) is 12.1. The molecule has 2 unspecified atom stereocenters. The van der Waals surface area contributed by atoms with Crippen LogP contribution in [0.2, 0.25) is 0 Å². The van der Waals surface area contributed by atoms with Crippen molar-refractivity contribution < 1.29 is 40.7 Å². The maximum atomic E-state index is 15.0. The van der Waals surface area contributed by atoms with Crippen molar-refractivity contribution in [2.75, 3.05) is 18.0 Å². The van der Waals surface area contributed by atoms with E-state index in [-0.39, 0.29) is 47.3 Å². The summed E-state index contributed by atoms with van der Waals surface area (Å²) in [6.45, 7) is 1.02. The van der Waals surface area contributed by atoms with Crippen molar-refractivity contribution in [3.63, 3.8) is 0 Å². The van der Waals surface area contributed by atoms with Crippen LogP contribution in [-0.2, 0) is 4.79 Å². The molecule has 16 heteroatoms. The lowest BCUT2D eigenvalue weighted by Gasteiger charge is -2.23. The van der Waals surface area contributed by atoms with Crippen LogP contribution >= 0.6 is 0 Å². The number of urea groups is 1. The molecule has 0 spiro atoms. The van der Waals surface area contributed by atoms with Gasteiger partial charge in [0.2, 0.25) is 5.96 Å². The number of aryl methyl sites for hydroxylation is 1. The van der Waals surface area contributed by atoms with Crippen molar-refractivity contribution in [2.24, 2.45) is 4.99 Å². The van der Waals surface area contributed by atoms with Gasteiger partial charge in [0.15, 0.2) is 5.82 Å². The number of amides is 3. The Hall–Kier alpha value is -5.41. The minimum Gasteiger partial charge on any atom is -0.406 e. The van der Waals surface area contributed by atoms with E-state index < -0.39 is 42.9 Å². The molecule has 47 heavy (non-hydrogen) atoms. The third kappa shape index (κ3) is 7.05. The molecule has 244 valence electrons. The average molecular weight is 658 g/mol. The zero-order valence-corrected chi connectivity index (χ0v) is 24.4. The Balaban J connectivity index is 1.05. The molecule has 4 aromatic rings. The van der Waals surface area contributed by atoms with E-state index in [2.05, 4.69) is 30.4 Å². The van der Waals surface area contributed by atoms with E-state index in [1.807, 2.05) is 0 Å². The predicted octanol–water partition coefficient (Wildman–Crippen LogP) is 5.98. The zero-order valence-electron chi connectivity index (χ0n) is 24.4. The molecule has 0 radical (unpaired) electrons. The van der Waals surface area contributed by atoms with Gasteiger partial charge in [0.1, 0.15) is 24.8 Å². The van der Waals surface area contributed by atoms with Gasteiger partial charge in [-0.05, 0) is 53.9 Å². The normalized spacial score (nSPS) is 17.7. The van der Waals surface area contributed by atoms with Crippen LogP contribution in [0.4, 0.5) is 36.8 Å². The van der Waals surface area contributed by atoms with Crippen LogP contribution in [0.5, 0.6) is 5.75 Å². The molecule has 1 aliphatic carbocycles. The summed E-state index contributed by atoms with van der Waals surface area (Å²) in [5.41, 5.74) is 2.41. The maximum absolute atomic E-state index is 15.0. The van der Waals surface area contributed by atoms with Gasteiger partial charge in [-0.2, -0.15) is 0 Å². The number of nitrogens with zero attached hydrogens (tertiary/aromatic N) is 5. The van der Waals surface area contributed by atoms with Crippen LogP contribution in [0.25, 0.3) is 17.1 Å². The molecule has 10 nitrogen and oxygen atoms in total. The van der Waals surface area contributed by atoms with E-state index in [4.69, 9.17) is 0 Å². The lowest BCUT2D eigenvalue weighted by atomic mass is 10.0. The summed E-state index contributed by atoms with van der Waals surface area (Å²) < 4.78 is 85.3. The third-order valence-corrected chi connectivity index (χ3v) is 7.48. The summed E-state index contributed by atoms with van der Waals surface area (Å²) in [5, 5.41) is 9.12. The first-order valence-corrected chi connectivity index (χ1v) is 14.2. The van der Waals surface area contributed by atoms with Gasteiger partial charge in [-0.15, -0.1) is 18.3 Å². The number of hydrogen-bond acceptors (Lipinski definition) is 6. The van der Waals surface area contributed by atoms with Gasteiger partial charge in [-0.1, -0.05) is 36.4 Å². The van der Waals surface area contributed by atoms with E-state index in [9.17, 15) is 31.5 Å². The van der Waals surface area contributed by atoms with Crippen LogP contribution in [0, 0.1) is 6.92 Å². The average Bonchev–Trinajstić information content (AvgIpc) is 3.32. The quantitative estimate of drug-likeness (QED) is 0.227. The van der Waals surface area contributed by atoms with Gasteiger partial charge < -0.3 is 10.1 Å². The number of nitrogens with one attached hydrogen (secondary N) is 2. The van der Waals surface area contributed by atoms with Gasteiger partial charge in [0.25, 0.3) is 11.8 Å². The molecule has 1 fully saturated rings. The first kappa shape index (κ1) is 31.6. The molecule has 1 aliphatic heterocycles. The number of aromatic nitrogens is 3. The standard InChI is InChI=1S/C31H25F6N7O3/c1-17-2-11-22(23-13-30(23,33)34)25(12-17)44-26(45)15-38-28(44)41-29(46)39-14-24(32)18-3-5-19(6-4-18)27-40-16-43(42-27)20-7-9-21(10-8-20)47-31(35,36)37/h2-12,16,23-24H,13-15H2,1H3,(H2,38,39,41,46). The topological polar surface area (TPSA) is 114 Å². The molecule has 6 rings (SSSR count). The Kier molecular flexibility index (Phi) is 8.11. The number of rotatable bonds is 8. The second-order valence-corrected chi connectivity index (χ2v) is 10.9. The fourth-order valence-corrected chi connectivity index (χ4v) is 5.05. The lowest BCUT2D eigenvalue weighted by molar-refractivity contribution is -0.274. The monoisotopic (exact) mass is 657 g/mol. The Bertz CT molecular complexity index is 1840. The number of benzene rings is 3. The number of guanidine groups is 1. The highest BCUT2D eigenvalue weighted by Gasteiger charge is 2.58. The van der Waals surface area contributed by atoms with E-state index in [0.717, 1.165) is 22.6 Å². The van der Waals surface area contributed by atoms with Gasteiger partial charge in [0, 0.05) is 12.0 Å². The maximum Gasteiger partial charge on any atom is 0.573 e. The Morgan fingerprint density at radius 1 is 1.09 bits per heavy atom. The molecule has 3 amide bonds. The number of carbonyl (C=O) groups excluding carboxylic acids is 2. The highest BCUT2D eigenvalue weighted by molar-refractivity contribution is 6.23. The van der Waals surface area contributed by atoms with Gasteiger partial charge >= 0.3 is 12.4 Å².